The highest BCUT2D eigenvalue weighted by Crippen LogP contribution is 2.19. The molecule has 138 valence electrons. The highest BCUT2D eigenvalue weighted by molar-refractivity contribution is 7.80. The van der Waals surface area contributed by atoms with Crippen molar-refractivity contribution in [1.82, 2.24) is 10.2 Å². The molecule has 2 rings (SSSR count). The average Bonchev–Trinajstić information content (AvgIpc) is 2.64. The van der Waals surface area contributed by atoms with Crippen LogP contribution in [0.4, 0.5) is 5.69 Å². The molecule has 0 unspecified atom stereocenters. The van der Waals surface area contributed by atoms with Crippen molar-refractivity contribution < 1.29 is 4.74 Å². The highest BCUT2D eigenvalue weighted by atomic mass is 32.1. The molecule has 2 N–H and O–H groups in total. The Morgan fingerprint density at radius 1 is 1.44 bits per heavy atom. The summed E-state index contributed by atoms with van der Waals surface area (Å²) in [6.07, 6.45) is 8.19. The standard InChI is InChI=1S/C20H31N3OS/c1-3-15-24-19-11-7-9-17(16-19)22-20(25)21-12-8-14-23-13-6-5-10-18(23)4-2/h3,7,9,11,16,18H,1,4-6,8,10,12-15H2,2H3,(H2,21,22,25)/t18-/m1/s1. The molecule has 0 aliphatic carbocycles. The van der Waals surface area contributed by atoms with Gasteiger partial charge in [0.15, 0.2) is 5.11 Å². The van der Waals surface area contributed by atoms with E-state index in [4.69, 9.17) is 17.0 Å². The van der Waals surface area contributed by atoms with E-state index in [0.717, 1.165) is 37.0 Å². The van der Waals surface area contributed by atoms with Gasteiger partial charge in [0.1, 0.15) is 12.4 Å². The van der Waals surface area contributed by atoms with Crippen molar-refractivity contribution in [1.29, 1.82) is 0 Å². The van der Waals surface area contributed by atoms with Gasteiger partial charge in [0.2, 0.25) is 0 Å². The van der Waals surface area contributed by atoms with Gasteiger partial charge in [-0.2, -0.15) is 0 Å². The van der Waals surface area contributed by atoms with E-state index in [1.165, 1.54) is 32.2 Å². The molecular formula is C20H31N3OS. The first-order chi connectivity index (χ1) is 12.2. The fourth-order valence-corrected chi connectivity index (χ4v) is 3.51. The first-order valence-electron chi connectivity index (χ1n) is 9.35. The number of nitrogens with one attached hydrogen (secondary N) is 2. The molecule has 25 heavy (non-hydrogen) atoms. The minimum Gasteiger partial charge on any atom is -0.489 e. The Morgan fingerprint density at radius 3 is 3.12 bits per heavy atom. The van der Waals surface area contributed by atoms with Crippen LogP contribution in [0.5, 0.6) is 5.75 Å². The van der Waals surface area contributed by atoms with Crippen molar-refractivity contribution >= 4 is 23.0 Å². The number of hydrogen-bond acceptors (Lipinski definition) is 3. The number of benzene rings is 1. The summed E-state index contributed by atoms with van der Waals surface area (Å²) in [5, 5.41) is 7.18. The van der Waals surface area contributed by atoms with Gasteiger partial charge in [-0.05, 0) is 56.6 Å². The topological polar surface area (TPSA) is 36.5 Å². The summed E-state index contributed by atoms with van der Waals surface area (Å²) in [5.41, 5.74) is 0.932. The lowest BCUT2D eigenvalue weighted by atomic mass is 10.00. The minimum absolute atomic E-state index is 0.501. The Balaban J connectivity index is 1.67. The smallest absolute Gasteiger partial charge is 0.170 e. The molecule has 0 radical (unpaired) electrons. The Kier molecular flexibility index (Phi) is 8.77. The van der Waals surface area contributed by atoms with Crippen LogP contribution in [0.15, 0.2) is 36.9 Å². The normalized spacial score (nSPS) is 17.7. The highest BCUT2D eigenvalue weighted by Gasteiger charge is 2.19. The molecule has 0 aromatic heterocycles. The van der Waals surface area contributed by atoms with E-state index in [9.17, 15) is 0 Å². The minimum atomic E-state index is 0.501. The third-order valence-electron chi connectivity index (χ3n) is 4.59. The molecule has 0 amide bonds. The van der Waals surface area contributed by atoms with Gasteiger partial charge in [-0.15, -0.1) is 0 Å². The van der Waals surface area contributed by atoms with Crippen molar-refractivity contribution in [2.24, 2.45) is 0 Å². The van der Waals surface area contributed by atoms with Crippen molar-refractivity contribution in [2.45, 2.75) is 45.1 Å². The van der Waals surface area contributed by atoms with E-state index in [-0.39, 0.29) is 0 Å². The van der Waals surface area contributed by atoms with Gasteiger partial charge in [-0.25, -0.2) is 0 Å². The second kappa shape index (κ2) is 11.1. The summed E-state index contributed by atoms with van der Waals surface area (Å²) in [7, 11) is 0. The zero-order valence-corrected chi connectivity index (χ0v) is 16.1. The Morgan fingerprint density at radius 2 is 2.32 bits per heavy atom. The molecule has 1 aromatic carbocycles. The number of rotatable bonds is 9. The second-order valence-electron chi connectivity index (χ2n) is 6.46. The monoisotopic (exact) mass is 361 g/mol. The van der Waals surface area contributed by atoms with Crippen LogP contribution in [0.1, 0.15) is 39.0 Å². The van der Waals surface area contributed by atoms with Crippen molar-refractivity contribution in [3.05, 3.63) is 36.9 Å². The molecule has 1 heterocycles. The van der Waals surface area contributed by atoms with Crippen LogP contribution in [0.2, 0.25) is 0 Å². The number of hydrogen-bond donors (Lipinski definition) is 2. The molecule has 1 aliphatic heterocycles. The van der Waals surface area contributed by atoms with E-state index >= 15 is 0 Å². The van der Waals surface area contributed by atoms with Gasteiger partial charge < -0.3 is 20.3 Å². The molecule has 0 bridgehead atoms. The van der Waals surface area contributed by atoms with Gasteiger partial charge in [0.05, 0.1) is 0 Å². The molecule has 5 heteroatoms. The lowest BCUT2D eigenvalue weighted by Crippen LogP contribution is -2.40. The van der Waals surface area contributed by atoms with Crippen molar-refractivity contribution in [3.63, 3.8) is 0 Å². The summed E-state index contributed by atoms with van der Waals surface area (Å²) in [6.45, 7) is 9.75. The average molecular weight is 362 g/mol. The van der Waals surface area contributed by atoms with E-state index in [2.05, 4.69) is 29.0 Å². The number of ether oxygens (including phenoxy) is 1. The lowest BCUT2D eigenvalue weighted by Gasteiger charge is -2.35. The summed E-state index contributed by atoms with van der Waals surface area (Å²) in [6, 6.07) is 8.57. The Hall–Kier alpha value is -1.59. The van der Waals surface area contributed by atoms with Gasteiger partial charge in [0, 0.05) is 30.9 Å². The molecule has 0 saturated carbocycles. The van der Waals surface area contributed by atoms with Gasteiger partial charge >= 0.3 is 0 Å². The molecule has 0 spiro atoms. The van der Waals surface area contributed by atoms with Crippen LogP contribution in [0.3, 0.4) is 0 Å². The molecule has 1 aliphatic rings. The van der Waals surface area contributed by atoms with E-state index in [0.29, 0.717) is 11.7 Å². The van der Waals surface area contributed by atoms with Gasteiger partial charge in [0.25, 0.3) is 0 Å². The molecule has 1 aromatic rings. The maximum atomic E-state index is 5.54. The number of piperidine rings is 1. The molecular weight excluding hydrogens is 330 g/mol. The summed E-state index contributed by atoms with van der Waals surface area (Å²) in [4.78, 5) is 2.64. The predicted octanol–water partition coefficient (Wildman–Crippen LogP) is 4.19. The van der Waals surface area contributed by atoms with Crippen LogP contribution in [-0.4, -0.2) is 42.3 Å². The summed E-state index contributed by atoms with van der Waals surface area (Å²) < 4.78 is 5.54. The maximum absolute atomic E-state index is 5.54. The fourth-order valence-electron chi connectivity index (χ4n) is 3.29. The number of thiocarbonyl (C=S) groups is 1. The quantitative estimate of drug-likeness (QED) is 0.392. The van der Waals surface area contributed by atoms with Gasteiger partial charge in [-0.3, -0.25) is 0 Å². The zero-order chi connectivity index (χ0) is 17.9. The molecule has 1 fully saturated rings. The predicted molar refractivity (Wildman–Crippen MR) is 110 cm³/mol. The number of anilines is 1. The number of nitrogens with zero attached hydrogens (tertiary/aromatic N) is 1. The van der Waals surface area contributed by atoms with Crippen molar-refractivity contribution in [3.8, 4) is 5.75 Å². The fraction of sp³-hybridized carbons (Fsp3) is 0.550. The lowest BCUT2D eigenvalue weighted by molar-refractivity contribution is 0.143. The molecule has 1 saturated heterocycles. The summed E-state index contributed by atoms with van der Waals surface area (Å²) >= 11 is 5.39. The van der Waals surface area contributed by atoms with Crippen LogP contribution < -0.4 is 15.4 Å². The SMILES string of the molecule is C=CCOc1cccc(NC(=S)NCCCN2CCCC[C@H]2CC)c1. The molecule has 4 nitrogen and oxygen atoms in total. The van der Waals surface area contributed by atoms with Gasteiger partial charge in [-0.1, -0.05) is 32.1 Å². The van der Waals surface area contributed by atoms with Crippen LogP contribution in [0, 0.1) is 0 Å². The third-order valence-corrected chi connectivity index (χ3v) is 4.83. The van der Waals surface area contributed by atoms with Crippen LogP contribution in [0.25, 0.3) is 0 Å². The van der Waals surface area contributed by atoms with E-state index in [1.54, 1.807) is 6.08 Å². The first-order valence-corrected chi connectivity index (χ1v) is 9.76. The van der Waals surface area contributed by atoms with E-state index < -0.39 is 0 Å². The Bertz CT molecular complexity index is 549. The maximum Gasteiger partial charge on any atom is 0.170 e. The second-order valence-corrected chi connectivity index (χ2v) is 6.86. The largest absolute Gasteiger partial charge is 0.489 e. The molecule has 1 atom stereocenters. The summed E-state index contributed by atoms with van der Waals surface area (Å²) in [5.74, 6) is 0.809. The zero-order valence-electron chi connectivity index (χ0n) is 15.3. The van der Waals surface area contributed by atoms with Crippen molar-refractivity contribution in [2.75, 3.05) is 31.6 Å². The third kappa shape index (κ3) is 7.04. The number of likely N-dealkylation sites (tertiary alicyclic amines) is 1. The van der Waals surface area contributed by atoms with Crippen LogP contribution >= 0.6 is 12.2 Å². The Labute approximate surface area is 157 Å². The van der Waals surface area contributed by atoms with E-state index in [1.807, 2.05) is 24.3 Å². The van der Waals surface area contributed by atoms with Crippen LogP contribution in [-0.2, 0) is 0 Å². The first kappa shape index (κ1) is 19.7.